The first kappa shape index (κ1) is 18.2. The molecule has 3 aromatic rings. The predicted octanol–water partition coefficient (Wildman–Crippen LogP) is 3.39. The van der Waals surface area contributed by atoms with Gasteiger partial charge in [0, 0.05) is 21.4 Å². The summed E-state index contributed by atoms with van der Waals surface area (Å²) in [5, 5.41) is 3.53. The monoisotopic (exact) mass is 388 g/mol. The van der Waals surface area contributed by atoms with E-state index in [9.17, 15) is 13.2 Å². The van der Waals surface area contributed by atoms with Crippen molar-refractivity contribution in [3.05, 3.63) is 77.7 Å². The van der Waals surface area contributed by atoms with Gasteiger partial charge in [0.05, 0.1) is 0 Å². The first-order valence-corrected chi connectivity index (χ1v) is 10.2. The fourth-order valence-electron chi connectivity index (χ4n) is 2.22. The highest BCUT2D eigenvalue weighted by molar-refractivity contribution is 7.99. The third kappa shape index (κ3) is 4.74. The molecule has 26 heavy (non-hydrogen) atoms. The Morgan fingerprint density at radius 2 is 1.85 bits per heavy atom. The van der Waals surface area contributed by atoms with Crippen molar-refractivity contribution in [2.75, 3.05) is 0 Å². The van der Waals surface area contributed by atoms with E-state index in [-0.39, 0.29) is 11.3 Å². The van der Waals surface area contributed by atoms with Crippen LogP contribution in [-0.2, 0) is 15.8 Å². The molecule has 0 radical (unpaired) electrons. The number of carbonyl (C=O) groups is 1. The number of sulfonamides is 1. The summed E-state index contributed by atoms with van der Waals surface area (Å²) in [6.07, 6.45) is 1.28. The lowest BCUT2D eigenvalue weighted by Gasteiger charge is -2.07. The molecule has 0 aliphatic rings. The van der Waals surface area contributed by atoms with E-state index < -0.39 is 21.7 Å². The lowest BCUT2D eigenvalue weighted by Crippen LogP contribution is -2.31. The van der Waals surface area contributed by atoms with Crippen LogP contribution in [0.3, 0.4) is 0 Å². The number of nitrogens with one attached hydrogen (secondary N) is 1. The molecule has 0 atom stereocenters. The first-order chi connectivity index (χ1) is 12.4. The molecule has 8 heteroatoms. The molecule has 1 N–H and O–H groups in total. The second kappa shape index (κ2) is 7.76. The Bertz CT molecular complexity index is 998. The maximum Gasteiger partial charge on any atom is 0.264 e. The van der Waals surface area contributed by atoms with Crippen LogP contribution in [0.15, 0.2) is 75.2 Å². The average molecular weight is 388 g/mol. The fourth-order valence-corrected chi connectivity index (χ4v) is 4.13. The van der Waals surface area contributed by atoms with Crippen molar-refractivity contribution in [3.8, 4) is 0 Å². The summed E-state index contributed by atoms with van der Waals surface area (Å²) in [6.45, 7) is 2.03. The molecule has 0 fully saturated rings. The SMILES string of the molecule is Cc1ccccc1Sc1ccc(C(=O)NS(=O)(=O)Cc2ccon2)cc1. The summed E-state index contributed by atoms with van der Waals surface area (Å²) in [6, 6.07) is 16.2. The molecular weight excluding hydrogens is 372 g/mol. The zero-order valence-electron chi connectivity index (χ0n) is 13.9. The van der Waals surface area contributed by atoms with E-state index in [0.29, 0.717) is 0 Å². The molecule has 0 bridgehead atoms. The van der Waals surface area contributed by atoms with E-state index in [2.05, 4.69) is 9.68 Å². The standard InChI is InChI=1S/C18H16N2O4S2/c1-13-4-2-3-5-17(13)25-16-8-6-14(7-9-16)18(21)20-26(22,23)12-15-10-11-24-19-15/h2-11H,12H2,1H3,(H,20,21). The van der Waals surface area contributed by atoms with Crippen molar-refractivity contribution in [2.45, 2.75) is 22.5 Å². The largest absolute Gasteiger partial charge is 0.364 e. The first-order valence-electron chi connectivity index (χ1n) is 7.70. The predicted molar refractivity (Wildman–Crippen MR) is 98.3 cm³/mol. The van der Waals surface area contributed by atoms with Crippen LogP contribution in [0.4, 0.5) is 0 Å². The Hall–Kier alpha value is -2.58. The van der Waals surface area contributed by atoms with Crippen LogP contribution < -0.4 is 4.72 Å². The maximum absolute atomic E-state index is 12.2. The van der Waals surface area contributed by atoms with Crippen LogP contribution in [0.5, 0.6) is 0 Å². The number of benzene rings is 2. The molecule has 3 rings (SSSR count). The van der Waals surface area contributed by atoms with Gasteiger partial charge in [-0.1, -0.05) is 35.1 Å². The van der Waals surface area contributed by atoms with Crippen LogP contribution in [0.1, 0.15) is 21.6 Å². The molecule has 0 spiro atoms. The number of nitrogens with zero attached hydrogens (tertiary/aromatic N) is 1. The highest BCUT2D eigenvalue weighted by atomic mass is 32.2. The zero-order chi connectivity index (χ0) is 18.6. The zero-order valence-corrected chi connectivity index (χ0v) is 15.5. The van der Waals surface area contributed by atoms with Crippen molar-refractivity contribution in [1.82, 2.24) is 9.88 Å². The summed E-state index contributed by atoms with van der Waals surface area (Å²) in [4.78, 5) is 14.3. The molecule has 134 valence electrons. The van der Waals surface area contributed by atoms with E-state index in [0.717, 1.165) is 9.79 Å². The molecular formula is C18H16N2O4S2. The minimum atomic E-state index is -3.84. The van der Waals surface area contributed by atoms with Crippen molar-refractivity contribution in [1.29, 1.82) is 0 Å². The molecule has 6 nitrogen and oxygen atoms in total. The lowest BCUT2D eigenvalue weighted by atomic mass is 10.2. The number of amides is 1. The van der Waals surface area contributed by atoms with E-state index in [1.807, 2.05) is 35.9 Å². The number of aromatic nitrogens is 1. The van der Waals surface area contributed by atoms with Crippen molar-refractivity contribution >= 4 is 27.7 Å². The van der Waals surface area contributed by atoms with Crippen LogP contribution in [0.25, 0.3) is 0 Å². The number of hydrogen-bond donors (Lipinski definition) is 1. The number of rotatable bonds is 6. The minimum absolute atomic E-state index is 0.232. The summed E-state index contributed by atoms with van der Waals surface area (Å²) < 4.78 is 30.6. The Labute approximate surface area is 155 Å². The van der Waals surface area contributed by atoms with Gasteiger partial charge >= 0.3 is 0 Å². The van der Waals surface area contributed by atoms with Crippen LogP contribution in [0, 0.1) is 6.92 Å². The van der Waals surface area contributed by atoms with E-state index in [4.69, 9.17) is 0 Å². The van der Waals surface area contributed by atoms with Gasteiger partial charge in [-0.15, -0.1) is 0 Å². The average Bonchev–Trinajstić information content (AvgIpc) is 3.09. The van der Waals surface area contributed by atoms with Crippen molar-refractivity contribution in [3.63, 3.8) is 0 Å². The summed E-state index contributed by atoms with van der Waals surface area (Å²) in [5.41, 5.74) is 1.66. The van der Waals surface area contributed by atoms with E-state index >= 15 is 0 Å². The van der Waals surface area contributed by atoms with Gasteiger partial charge in [0.15, 0.2) is 0 Å². The van der Waals surface area contributed by atoms with Gasteiger partial charge in [-0.05, 0) is 42.8 Å². The van der Waals surface area contributed by atoms with Crippen molar-refractivity contribution in [2.24, 2.45) is 0 Å². The molecule has 0 saturated carbocycles. The summed E-state index contributed by atoms with van der Waals surface area (Å²) in [7, 11) is -3.84. The third-order valence-corrected chi connectivity index (χ3v) is 5.87. The van der Waals surface area contributed by atoms with Crippen LogP contribution in [0.2, 0.25) is 0 Å². The van der Waals surface area contributed by atoms with Crippen LogP contribution in [-0.4, -0.2) is 19.5 Å². The molecule has 0 unspecified atom stereocenters. The van der Waals surface area contributed by atoms with Gasteiger partial charge in [-0.3, -0.25) is 4.79 Å². The maximum atomic E-state index is 12.2. The Morgan fingerprint density at radius 3 is 2.50 bits per heavy atom. The van der Waals surface area contributed by atoms with Gasteiger partial charge in [0.1, 0.15) is 17.7 Å². The smallest absolute Gasteiger partial charge is 0.264 e. The highest BCUT2D eigenvalue weighted by Crippen LogP contribution is 2.30. The van der Waals surface area contributed by atoms with Gasteiger partial charge in [-0.2, -0.15) is 0 Å². The van der Waals surface area contributed by atoms with Crippen LogP contribution >= 0.6 is 11.8 Å². The second-order valence-electron chi connectivity index (χ2n) is 5.57. The number of carbonyl (C=O) groups excluding carboxylic acids is 1. The Balaban J connectivity index is 1.66. The third-order valence-electron chi connectivity index (χ3n) is 3.52. The van der Waals surface area contributed by atoms with E-state index in [1.54, 1.807) is 36.0 Å². The minimum Gasteiger partial charge on any atom is -0.364 e. The molecule has 1 heterocycles. The Kier molecular flexibility index (Phi) is 5.43. The second-order valence-corrected chi connectivity index (χ2v) is 8.41. The molecule has 0 aliphatic carbocycles. The van der Waals surface area contributed by atoms with Gasteiger partial charge < -0.3 is 4.52 Å². The van der Waals surface area contributed by atoms with E-state index in [1.165, 1.54) is 17.9 Å². The fraction of sp³-hybridized carbons (Fsp3) is 0.111. The highest BCUT2D eigenvalue weighted by Gasteiger charge is 2.18. The lowest BCUT2D eigenvalue weighted by molar-refractivity contribution is 0.0981. The normalized spacial score (nSPS) is 11.3. The molecule has 2 aromatic carbocycles. The molecule has 0 saturated heterocycles. The molecule has 0 aliphatic heterocycles. The van der Waals surface area contributed by atoms with Gasteiger partial charge in [0.25, 0.3) is 5.91 Å². The Morgan fingerprint density at radius 1 is 1.12 bits per heavy atom. The molecule has 1 amide bonds. The van der Waals surface area contributed by atoms with Gasteiger partial charge in [-0.25, -0.2) is 13.1 Å². The van der Waals surface area contributed by atoms with Gasteiger partial charge in [0.2, 0.25) is 10.0 Å². The number of hydrogen-bond acceptors (Lipinski definition) is 6. The quantitative estimate of drug-likeness (QED) is 0.696. The summed E-state index contributed by atoms with van der Waals surface area (Å²) >= 11 is 1.58. The topological polar surface area (TPSA) is 89.3 Å². The number of aryl methyl sites for hydroxylation is 1. The summed E-state index contributed by atoms with van der Waals surface area (Å²) in [5.74, 6) is -1.10. The molecule has 1 aromatic heterocycles. The van der Waals surface area contributed by atoms with Crippen molar-refractivity contribution < 1.29 is 17.7 Å².